The van der Waals surface area contributed by atoms with Gasteiger partial charge in [0.05, 0.1) is 0 Å². The molecule has 1 atom stereocenters. The topological polar surface area (TPSA) is 38.0 Å². The van der Waals surface area contributed by atoms with E-state index in [1.807, 2.05) is 12.1 Å². The molecule has 0 bridgehead atoms. The van der Waals surface area contributed by atoms with Gasteiger partial charge in [0.15, 0.2) is 0 Å². The van der Waals surface area contributed by atoms with E-state index in [9.17, 15) is 0 Å². The van der Waals surface area contributed by atoms with Gasteiger partial charge >= 0.3 is 0 Å². The summed E-state index contributed by atoms with van der Waals surface area (Å²) in [5.74, 6) is 5.67. The summed E-state index contributed by atoms with van der Waals surface area (Å²) in [4.78, 5) is 0. The van der Waals surface area contributed by atoms with Gasteiger partial charge in [0.1, 0.15) is 0 Å². The SMILES string of the molecule is NNC(CCc1ccccc1)Cc1ccccc1Br. The lowest BCUT2D eigenvalue weighted by Gasteiger charge is -2.16. The van der Waals surface area contributed by atoms with Gasteiger partial charge in [-0.25, -0.2) is 0 Å². The highest BCUT2D eigenvalue weighted by Gasteiger charge is 2.09. The van der Waals surface area contributed by atoms with Crippen molar-refractivity contribution < 1.29 is 0 Å². The third-order valence-electron chi connectivity index (χ3n) is 3.28. The molecule has 3 N–H and O–H groups in total. The second kappa shape index (κ2) is 7.43. The van der Waals surface area contributed by atoms with Gasteiger partial charge in [0.2, 0.25) is 0 Å². The lowest BCUT2D eigenvalue weighted by molar-refractivity contribution is 0.491. The minimum Gasteiger partial charge on any atom is -0.271 e. The summed E-state index contributed by atoms with van der Waals surface area (Å²) in [6, 6.07) is 19.1. The van der Waals surface area contributed by atoms with Gasteiger partial charge in [-0.15, -0.1) is 0 Å². The van der Waals surface area contributed by atoms with Crippen LogP contribution in [0.4, 0.5) is 0 Å². The number of hydrogen-bond donors (Lipinski definition) is 2. The maximum Gasteiger partial charge on any atom is 0.0254 e. The zero-order valence-electron chi connectivity index (χ0n) is 10.9. The molecule has 3 heteroatoms. The molecule has 0 spiro atoms. The van der Waals surface area contributed by atoms with Crippen LogP contribution >= 0.6 is 15.9 Å². The van der Waals surface area contributed by atoms with Crippen LogP contribution in [0.5, 0.6) is 0 Å². The molecule has 0 saturated carbocycles. The van der Waals surface area contributed by atoms with Crippen molar-refractivity contribution in [3.8, 4) is 0 Å². The van der Waals surface area contributed by atoms with Gasteiger partial charge in [-0.05, 0) is 36.5 Å². The molecule has 2 rings (SSSR count). The normalized spacial score (nSPS) is 12.3. The smallest absolute Gasteiger partial charge is 0.0254 e. The Labute approximate surface area is 123 Å². The molecule has 2 aromatic rings. The van der Waals surface area contributed by atoms with E-state index in [1.54, 1.807) is 0 Å². The molecule has 1 unspecified atom stereocenters. The summed E-state index contributed by atoms with van der Waals surface area (Å²) in [5.41, 5.74) is 5.57. The molecule has 0 fully saturated rings. The quantitative estimate of drug-likeness (QED) is 0.632. The molecular formula is C16H19BrN2. The molecule has 0 aliphatic carbocycles. The molecule has 0 amide bonds. The maximum absolute atomic E-state index is 5.67. The van der Waals surface area contributed by atoms with E-state index in [1.165, 1.54) is 11.1 Å². The van der Waals surface area contributed by atoms with E-state index in [0.29, 0.717) is 6.04 Å². The third kappa shape index (κ3) is 4.46. The summed E-state index contributed by atoms with van der Waals surface area (Å²) >= 11 is 3.58. The van der Waals surface area contributed by atoms with Crippen LogP contribution in [-0.2, 0) is 12.8 Å². The van der Waals surface area contributed by atoms with E-state index >= 15 is 0 Å². The summed E-state index contributed by atoms with van der Waals surface area (Å²) in [6.07, 6.45) is 3.01. The second-order valence-electron chi connectivity index (χ2n) is 4.68. The fourth-order valence-corrected chi connectivity index (χ4v) is 2.61. The van der Waals surface area contributed by atoms with E-state index in [-0.39, 0.29) is 0 Å². The van der Waals surface area contributed by atoms with Crippen molar-refractivity contribution in [2.75, 3.05) is 0 Å². The number of aryl methyl sites for hydroxylation is 1. The first-order valence-corrected chi connectivity index (χ1v) is 7.32. The Morgan fingerprint density at radius 2 is 1.68 bits per heavy atom. The number of benzene rings is 2. The van der Waals surface area contributed by atoms with E-state index in [2.05, 4.69) is 63.8 Å². The lowest BCUT2D eigenvalue weighted by atomic mass is 9.99. The van der Waals surface area contributed by atoms with Gasteiger partial charge < -0.3 is 0 Å². The average Bonchev–Trinajstić information content (AvgIpc) is 2.46. The molecule has 19 heavy (non-hydrogen) atoms. The van der Waals surface area contributed by atoms with Gasteiger partial charge in [0.25, 0.3) is 0 Å². The van der Waals surface area contributed by atoms with Gasteiger partial charge in [0, 0.05) is 10.5 Å². The monoisotopic (exact) mass is 318 g/mol. The molecule has 0 aromatic heterocycles. The summed E-state index contributed by atoms with van der Waals surface area (Å²) in [7, 11) is 0. The Morgan fingerprint density at radius 3 is 2.37 bits per heavy atom. The van der Waals surface area contributed by atoms with Crippen LogP contribution < -0.4 is 11.3 Å². The third-order valence-corrected chi connectivity index (χ3v) is 4.06. The largest absolute Gasteiger partial charge is 0.271 e. The highest BCUT2D eigenvalue weighted by molar-refractivity contribution is 9.10. The second-order valence-corrected chi connectivity index (χ2v) is 5.54. The predicted octanol–water partition coefficient (Wildman–Crippen LogP) is 3.46. The fourth-order valence-electron chi connectivity index (χ4n) is 2.16. The number of nitrogens with one attached hydrogen (secondary N) is 1. The van der Waals surface area contributed by atoms with Crippen molar-refractivity contribution in [2.45, 2.75) is 25.3 Å². The summed E-state index contributed by atoms with van der Waals surface area (Å²) < 4.78 is 1.15. The highest BCUT2D eigenvalue weighted by Crippen LogP contribution is 2.18. The Balaban J connectivity index is 1.92. The molecule has 0 radical (unpaired) electrons. The maximum atomic E-state index is 5.67. The van der Waals surface area contributed by atoms with Gasteiger partial charge in [-0.1, -0.05) is 64.5 Å². The minimum atomic E-state index is 0.291. The average molecular weight is 319 g/mol. The minimum absolute atomic E-state index is 0.291. The Morgan fingerprint density at radius 1 is 1.00 bits per heavy atom. The van der Waals surface area contributed by atoms with Crippen LogP contribution in [0.1, 0.15) is 17.5 Å². The Hall–Kier alpha value is -1.16. The van der Waals surface area contributed by atoms with Crippen LogP contribution in [-0.4, -0.2) is 6.04 Å². The number of hydrazine groups is 1. The number of hydrogen-bond acceptors (Lipinski definition) is 2. The van der Waals surface area contributed by atoms with Crippen molar-refractivity contribution in [3.63, 3.8) is 0 Å². The standard InChI is InChI=1S/C16H19BrN2/c17-16-9-5-4-8-14(16)12-15(19-18)11-10-13-6-2-1-3-7-13/h1-9,15,19H,10-12,18H2. The predicted molar refractivity (Wildman–Crippen MR) is 83.7 cm³/mol. The number of nitrogens with two attached hydrogens (primary N) is 1. The fraction of sp³-hybridized carbons (Fsp3) is 0.250. The molecule has 100 valence electrons. The molecule has 2 aromatic carbocycles. The summed E-state index contributed by atoms with van der Waals surface area (Å²) in [5, 5.41) is 0. The Kier molecular flexibility index (Phi) is 5.58. The van der Waals surface area contributed by atoms with Crippen LogP contribution in [0.3, 0.4) is 0 Å². The van der Waals surface area contributed by atoms with E-state index in [0.717, 1.165) is 23.7 Å². The lowest BCUT2D eigenvalue weighted by Crippen LogP contribution is -2.37. The van der Waals surface area contributed by atoms with Crippen molar-refractivity contribution in [1.82, 2.24) is 5.43 Å². The summed E-state index contributed by atoms with van der Waals surface area (Å²) in [6.45, 7) is 0. The van der Waals surface area contributed by atoms with Gasteiger partial charge in [-0.3, -0.25) is 11.3 Å². The van der Waals surface area contributed by atoms with Crippen LogP contribution in [0, 0.1) is 0 Å². The molecular weight excluding hydrogens is 300 g/mol. The number of rotatable bonds is 6. The van der Waals surface area contributed by atoms with Crippen molar-refractivity contribution >= 4 is 15.9 Å². The van der Waals surface area contributed by atoms with E-state index in [4.69, 9.17) is 5.84 Å². The van der Waals surface area contributed by atoms with Crippen molar-refractivity contribution in [3.05, 3.63) is 70.2 Å². The van der Waals surface area contributed by atoms with E-state index < -0.39 is 0 Å². The van der Waals surface area contributed by atoms with Crippen LogP contribution in [0.2, 0.25) is 0 Å². The van der Waals surface area contributed by atoms with Gasteiger partial charge in [-0.2, -0.15) is 0 Å². The Bertz CT molecular complexity index is 499. The van der Waals surface area contributed by atoms with Crippen LogP contribution in [0.25, 0.3) is 0 Å². The molecule has 0 aliphatic rings. The molecule has 0 heterocycles. The van der Waals surface area contributed by atoms with Crippen molar-refractivity contribution in [1.29, 1.82) is 0 Å². The first-order chi connectivity index (χ1) is 9.29. The van der Waals surface area contributed by atoms with Crippen LogP contribution in [0.15, 0.2) is 59.1 Å². The first kappa shape index (κ1) is 14.3. The molecule has 0 saturated heterocycles. The number of halogens is 1. The zero-order chi connectivity index (χ0) is 13.5. The molecule has 2 nitrogen and oxygen atoms in total. The zero-order valence-corrected chi connectivity index (χ0v) is 12.4. The highest BCUT2D eigenvalue weighted by atomic mass is 79.9. The van der Waals surface area contributed by atoms with Crippen molar-refractivity contribution in [2.24, 2.45) is 5.84 Å². The first-order valence-electron chi connectivity index (χ1n) is 6.53. The molecule has 0 aliphatic heterocycles.